The number of aryl methyl sites for hydroxylation is 1. The van der Waals surface area contributed by atoms with E-state index in [0.717, 1.165) is 12.0 Å². The van der Waals surface area contributed by atoms with Crippen LogP contribution in [0.2, 0.25) is 0 Å². The van der Waals surface area contributed by atoms with Crippen molar-refractivity contribution in [2.75, 3.05) is 19.6 Å². The number of amides is 2. The molecule has 2 heterocycles. The lowest BCUT2D eigenvalue weighted by atomic mass is 9.91. The molecule has 4 nitrogen and oxygen atoms in total. The molecule has 0 spiro atoms. The van der Waals surface area contributed by atoms with Gasteiger partial charge < -0.3 is 9.80 Å². The Bertz CT molecular complexity index is 908. The third kappa shape index (κ3) is 5.20. The summed E-state index contributed by atoms with van der Waals surface area (Å²) in [6.45, 7) is 13.1. The predicted molar refractivity (Wildman–Crippen MR) is 124 cm³/mol. The minimum Gasteiger partial charge on any atom is -0.330 e. The van der Waals surface area contributed by atoms with Crippen molar-refractivity contribution >= 4 is 23.2 Å². The van der Waals surface area contributed by atoms with Crippen LogP contribution in [0.15, 0.2) is 48.4 Å². The van der Waals surface area contributed by atoms with Crippen molar-refractivity contribution in [3.05, 3.63) is 69.9 Å². The van der Waals surface area contributed by atoms with E-state index in [4.69, 9.17) is 0 Å². The zero-order chi connectivity index (χ0) is 21.9. The highest BCUT2D eigenvalue weighted by Crippen LogP contribution is 2.38. The van der Waals surface area contributed by atoms with Crippen LogP contribution in [0.4, 0.5) is 0 Å². The van der Waals surface area contributed by atoms with Crippen LogP contribution in [0.25, 0.3) is 0 Å². The van der Waals surface area contributed by atoms with Gasteiger partial charge in [-0.25, -0.2) is 0 Å². The van der Waals surface area contributed by atoms with Crippen molar-refractivity contribution in [2.45, 2.75) is 46.6 Å². The summed E-state index contributed by atoms with van der Waals surface area (Å²) < 4.78 is 0. The van der Waals surface area contributed by atoms with Gasteiger partial charge in [0.05, 0.1) is 6.04 Å². The van der Waals surface area contributed by atoms with E-state index in [-0.39, 0.29) is 29.8 Å². The Balaban J connectivity index is 1.86. The number of carbonyl (C=O) groups excluding carboxylic acids is 2. The lowest BCUT2D eigenvalue weighted by Gasteiger charge is -2.37. The molecular weight excluding hydrogens is 392 g/mol. The second-order valence-electron chi connectivity index (χ2n) is 9.25. The summed E-state index contributed by atoms with van der Waals surface area (Å²) in [5.41, 5.74) is 3.40. The minimum absolute atomic E-state index is 0.00383. The van der Waals surface area contributed by atoms with E-state index in [1.807, 2.05) is 25.7 Å². The lowest BCUT2D eigenvalue weighted by Crippen LogP contribution is -2.47. The maximum absolute atomic E-state index is 13.4. The van der Waals surface area contributed by atoms with E-state index in [1.54, 1.807) is 22.3 Å². The molecule has 1 atom stereocenters. The standard InChI is InChI=1S/C25H32N2O2S/c1-6-13-26(22(28)16-25(3,4)5)17-23(29)27-14-11-21-20(12-15-30-21)24(27)19-9-7-18(2)8-10-19/h6-10,12,15,24H,1,11,13-14,16-17H2,2-5H3/t24-/m0/s1. The van der Waals surface area contributed by atoms with Crippen molar-refractivity contribution in [3.8, 4) is 0 Å². The van der Waals surface area contributed by atoms with Gasteiger partial charge in [0.15, 0.2) is 0 Å². The van der Waals surface area contributed by atoms with E-state index in [2.05, 4.69) is 49.2 Å². The number of thiophene rings is 1. The minimum atomic E-state index is -0.124. The van der Waals surface area contributed by atoms with Gasteiger partial charge in [-0.05, 0) is 41.3 Å². The average Bonchev–Trinajstić information content (AvgIpc) is 3.15. The van der Waals surface area contributed by atoms with Crippen molar-refractivity contribution < 1.29 is 9.59 Å². The first-order valence-corrected chi connectivity index (χ1v) is 11.4. The van der Waals surface area contributed by atoms with E-state index in [9.17, 15) is 9.59 Å². The Morgan fingerprint density at radius 2 is 1.93 bits per heavy atom. The van der Waals surface area contributed by atoms with Gasteiger partial charge in [0, 0.05) is 24.4 Å². The molecule has 1 aromatic carbocycles. The van der Waals surface area contributed by atoms with Crippen LogP contribution in [0.1, 0.15) is 54.8 Å². The molecule has 1 aromatic heterocycles. The number of benzene rings is 1. The molecule has 5 heteroatoms. The van der Waals surface area contributed by atoms with Gasteiger partial charge in [-0.15, -0.1) is 17.9 Å². The third-order valence-corrected chi connectivity index (χ3v) is 6.39. The molecule has 0 unspecified atom stereocenters. The highest BCUT2D eigenvalue weighted by atomic mass is 32.1. The largest absolute Gasteiger partial charge is 0.330 e. The summed E-state index contributed by atoms with van der Waals surface area (Å²) in [7, 11) is 0. The molecule has 0 saturated heterocycles. The fourth-order valence-corrected chi connectivity index (χ4v) is 4.83. The van der Waals surface area contributed by atoms with E-state index in [1.165, 1.54) is 16.0 Å². The molecule has 3 rings (SSSR count). The first kappa shape index (κ1) is 22.3. The SMILES string of the molecule is C=CCN(CC(=O)N1CCc2sccc2[C@@H]1c1ccc(C)cc1)C(=O)CC(C)(C)C. The first-order valence-electron chi connectivity index (χ1n) is 10.5. The molecule has 1 aliphatic rings. The molecule has 0 N–H and O–H groups in total. The van der Waals surface area contributed by atoms with Crippen molar-refractivity contribution in [1.82, 2.24) is 9.80 Å². The van der Waals surface area contributed by atoms with Crippen molar-refractivity contribution in [3.63, 3.8) is 0 Å². The Morgan fingerprint density at radius 3 is 2.57 bits per heavy atom. The summed E-state index contributed by atoms with van der Waals surface area (Å²) in [5.74, 6) is -0.0163. The second kappa shape index (κ2) is 9.17. The molecule has 1 aliphatic heterocycles. The Morgan fingerprint density at radius 1 is 1.23 bits per heavy atom. The molecule has 0 saturated carbocycles. The molecule has 160 valence electrons. The molecular formula is C25H32N2O2S. The maximum Gasteiger partial charge on any atom is 0.243 e. The summed E-state index contributed by atoms with van der Waals surface area (Å²) in [6.07, 6.45) is 2.96. The van der Waals surface area contributed by atoms with E-state index >= 15 is 0 Å². The smallest absolute Gasteiger partial charge is 0.243 e. The average molecular weight is 425 g/mol. The van der Waals surface area contributed by atoms with Crippen molar-refractivity contribution in [2.24, 2.45) is 5.41 Å². The zero-order valence-corrected chi connectivity index (χ0v) is 19.3. The predicted octanol–water partition coefficient (Wildman–Crippen LogP) is 4.98. The second-order valence-corrected chi connectivity index (χ2v) is 10.3. The Kier molecular flexibility index (Phi) is 6.81. The van der Waals surface area contributed by atoms with Crippen LogP contribution < -0.4 is 0 Å². The molecule has 0 aliphatic carbocycles. The Hall–Kier alpha value is -2.40. The highest BCUT2D eigenvalue weighted by molar-refractivity contribution is 7.10. The van der Waals surface area contributed by atoms with Gasteiger partial charge in [-0.3, -0.25) is 9.59 Å². The number of fused-ring (bicyclic) bond motifs is 1. The van der Waals surface area contributed by atoms with Gasteiger partial charge in [0.2, 0.25) is 11.8 Å². The normalized spacial score (nSPS) is 16.1. The van der Waals surface area contributed by atoms with E-state index < -0.39 is 0 Å². The van der Waals surface area contributed by atoms with Gasteiger partial charge in [0.25, 0.3) is 0 Å². The number of carbonyl (C=O) groups is 2. The maximum atomic E-state index is 13.4. The van der Waals surface area contributed by atoms with Crippen LogP contribution in [0.5, 0.6) is 0 Å². The fraction of sp³-hybridized carbons (Fsp3) is 0.440. The summed E-state index contributed by atoms with van der Waals surface area (Å²) >= 11 is 1.76. The monoisotopic (exact) mass is 424 g/mol. The topological polar surface area (TPSA) is 40.6 Å². The van der Waals surface area contributed by atoms with Gasteiger partial charge in [0.1, 0.15) is 6.54 Å². The summed E-state index contributed by atoms with van der Waals surface area (Å²) in [4.78, 5) is 31.2. The molecule has 30 heavy (non-hydrogen) atoms. The van der Waals surface area contributed by atoms with Crippen LogP contribution >= 0.6 is 11.3 Å². The number of rotatable bonds is 6. The number of hydrogen-bond acceptors (Lipinski definition) is 3. The number of hydrogen-bond donors (Lipinski definition) is 0. The lowest BCUT2D eigenvalue weighted by molar-refractivity contribution is -0.142. The first-order chi connectivity index (χ1) is 14.2. The zero-order valence-electron chi connectivity index (χ0n) is 18.5. The molecule has 0 radical (unpaired) electrons. The molecule has 0 bridgehead atoms. The van der Waals surface area contributed by atoms with Gasteiger partial charge in [-0.1, -0.05) is 56.7 Å². The van der Waals surface area contributed by atoms with Gasteiger partial charge in [-0.2, -0.15) is 0 Å². The molecule has 2 aromatic rings. The summed E-state index contributed by atoms with van der Waals surface area (Å²) in [5, 5.41) is 2.11. The highest BCUT2D eigenvalue weighted by Gasteiger charge is 2.34. The molecule has 0 fully saturated rings. The Labute approximate surface area is 184 Å². The van der Waals surface area contributed by atoms with E-state index in [0.29, 0.717) is 19.5 Å². The van der Waals surface area contributed by atoms with Gasteiger partial charge >= 0.3 is 0 Å². The van der Waals surface area contributed by atoms with Crippen LogP contribution in [0.3, 0.4) is 0 Å². The molecule has 2 amide bonds. The van der Waals surface area contributed by atoms with Crippen LogP contribution in [-0.4, -0.2) is 41.2 Å². The summed E-state index contributed by atoms with van der Waals surface area (Å²) in [6, 6.07) is 10.4. The fourth-order valence-electron chi connectivity index (χ4n) is 3.92. The number of nitrogens with zero attached hydrogens (tertiary/aromatic N) is 2. The third-order valence-electron chi connectivity index (χ3n) is 5.39. The quantitative estimate of drug-likeness (QED) is 0.614. The van der Waals surface area contributed by atoms with Crippen LogP contribution in [0, 0.1) is 12.3 Å². The van der Waals surface area contributed by atoms with Crippen molar-refractivity contribution in [1.29, 1.82) is 0 Å². The van der Waals surface area contributed by atoms with Crippen LogP contribution in [-0.2, 0) is 16.0 Å².